The van der Waals surface area contributed by atoms with E-state index in [0.29, 0.717) is 19.0 Å². The van der Waals surface area contributed by atoms with Gasteiger partial charge in [0.25, 0.3) is 0 Å². The molecule has 1 unspecified atom stereocenters. The van der Waals surface area contributed by atoms with Gasteiger partial charge in [-0.3, -0.25) is 4.68 Å². The van der Waals surface area contributed by atoms with Crippen LogP contribution in [0.2, 0.25) is 0 Å². The lowest BCUT2D eigenvalue weighted by Gasteiger charge is -2.12. The van der Waals surface area contributed by atoms with Gasteiger partial charge in [-0.1, -0.05) is 6.92 Å². The molecule has 0 aliphatic carbocycles. The summed E-state index contributed by atoms with van der Waals surface area (Å²) in [5, 5.41) is 8.49. The summed E-state index contributed by atoms with van der Waals surface area (Å²) in [6, 6.07) is 0. The maximum Gasteiger partial charge on any atom is 0.163 e. The maximum atomic E-state index is 5.69. The van der Waals surface area contributed by atoms with Crippen LogP contribution in [0.3, 0.4) is 0 Å². The number of nitrogens with one attached hydrogen (secondary N) is 1. The van der Waals surface area contributed by atoms with Crippen molar-refractivity contribution in [2.24, 2.45) is 7.05 Å². The molecular formula is C14H23N5O2. The van der Waals surface area contributed by atoms with E-state index in [1.54, 1.807) is 18.0 Å². The van der Waals surface area contributed by atoms with E-state index in [9.17, 15) is 0 Å². The van der Waals surface area contributed by atoms with Crippen LogP contribution in [-0.4, -0.2) is 46.1 Å². The molecule has 2 aromatic rings. The zero-order valence-electron chi connectivity index (χ0n) is 13.1. The normalized spacial score (nSPS) is 12.8. The van der Waals surface area contributed by atoms with Crippen LogP contribution >= 0.6 is 0 Å². The Labute approximate surface area is 124 Å². The molecule has 7 nitrogen and oxygen atoms in total. The van der Waals surface area contributed by atoms with Gasteiger partial charge in [-0.05, 0) is 13.3 Å². The Balaban J connectivity index is 2.20. The number of rotatable bonds is 8. The molecule has 116 valence electrons. The summed E-state index contributed by atoms with van der Waals surface area (Å²) >= 11 is 0. The number of methoxy groups -OCH3 is 1. The van der Waals surface area contributed by atoms with Crippen LogP contribution in [0.1, 0.15) is 26.1 Å². The minimum absolute atomic E-state index is 0.00730. The highest BCUT2D eigenvalue weighted by atomic mass is 16.5. The van der Waals surface area contributed by atoms with Crippen molar-refractivity contribution in [3.63, 3.8) is 0 Å². The van der Waals surface area contributed by atoms with Gasteiger partial charge >= 0.3 is 0 Å². The highest BCUT2D eigenvalue weighted by Gasteiger charge is 2.12. The van der Waals surface area contributed by atoms with E-state index < -0.39 is 0 Å². The van der Waals surface area contributed by atoms with Crippen LogP contribution in [0.4, 0.5) is 5.82 Å². The monoisotopic (exact) mass is 293 g/mol. The first-order valence-electron chi connectivity index (χ1n) is 7.18. The van der Waals surface area contributed by atoms with Gasteiger partial charge in [-0.25, -0.2) is 9.97 Å². The van der Waals surface area contributed by atoms with Crippen LogP contribution in [0.5, 0.6) is 0 Å². The molecule has 0 aliphatic rings. The molecule has 0 saturated heterocycles. The Kier molecular flexibility index (Phi) is 5.46. The quantitative estimate of drug-likeness (QED) is 0.799. The summed E-state index contributed by atoms with van der Waals surface area (Å²) < 4.78 is 12.5. The standard InChI is InChI=1S/C14H23N5O2/c1-5-6-15-13-11-7-16-19(3)14(11)18-12(17-13)9-21-10(2)8-20-4/h7,10H,5-6,8-9H2,1-4H3,(H,15,17,18). The summed E-state index contributed by atoms with van der Waals surface area (Å²) in [5.41, 5.74) is 0.807. The largest absolute Gasteiger partial charge is 0.382 e. The second kappa shape index (κ2) is 7.33. The minimum atomic E-state index is 0.00730. The van der Waals surface area contributed by atoms with E-state index in [1.165, 1.54) is 0 Å². The first-order chi connectivity index (χ1) is 10.2. The number of fused-ring (bicyclic) bond motifs is 1. The van der Waals surface area contributed by atoms with Crippen molar-refractivity contribution >= 4 is 16.9 Å². The molecule has 2 heterocycles. The van der Waals surface area contributed by atoms with Gasteiger partial charge in [-0.15, -0.1) is 0 Å². The van der Waals surface area contributed by atoms with Crippen LogP contribution in [-0.2, 0) is 23.1 Å². The van der Waals surface area contributed by atoms with Gasteiger partial charge in [0.2, 0.25) is 0 Å². The Morgan fingerprint density at radius 2 is 2.19 bits per heavy atom. The first-order valence-corrected chi connectivity index (χ1v) is 7.18. The molecule has 2 rings (SSSR count). The van der Waals surface area contributed by atoms with Gasteiger partial charge in [-0.2, -0.15) is 5.10 Å². The highest BCUT2D eigenvalue weighted by molar-refractivity contribution is 5.86. The molecule has 0 bridgehead atoms. The lowest BCUT2D eigenvalue weighted by atomic mass is 10.3. The summed E-state index contributed by atoms with van der Waals surface area (Å²) in [7, 11) is 3.53. The third-order valence-electron chi connectivity index (χ3n) is 3.08. The Morgan fingerprint density at radius 1 is 1.38 bits per heavy atom. The molecule has 0 fully saturated rings. The number of nitrogens with zero attached hydrogens (tertiary/aromatic N) is 4. The number of hydrogen-bond acceptors (Lipinski definition) is 6. The second-order valence-electron chi connectivity index (χ2n) is 5.00. The Bertz CT molecular complexity index is 584. The number of hydrogen-bond donors (Lipinski definition) is 1. The van der Waals surface area contributed by atoms with E-state index in [0.717, 1.165) is 29.8 Å². The fourth-order valence-electron chi connectivity index (χ4n) is 2.01. The average molecular weight is 293 g/mol. The third-order valence-corrected chi connectivity index (χ3v) is 3.08. The van der Waals surface area contributed by atoms with Crippen molar-refractivity contribution in [2.75, 3.05) is 25.6 Å². The SMILES string of the molecule is CCCNc1nc(COC(C)COC)nc2c1cnn2C. The van der Waals surface area contributed by atoms with E-state index >= 15 is 0 Å². The van der Waals surface area contributed by atoms with Crippen LogP contribution in [0.25, 0.3) is 11.0 Å². The van der Waals surface area contributed by atoms with Crippen LogP contribution < -0.4 is 5.32 Å². The Morgan fingerprint density at radius 3 is 2.90 bits per heavy atom. The van der Waals surface area contributed by atoms with Gasteiger partial charge in [0.15, 0.2) is 11.5 Å². The first kappa shape index (κ1) is 15.7. The van der Waals surface area contributed by atoms with Crippen LogP contribution in [0.15, 0.2) is 6.20 Å². The van der Waals surface area contributed by atoms with E-state index in [1.807, 2.05) is 14.0 Å². The molecule has 0 saturated carbocycles. The molecule has 1 atom stereocenters. The summed E-state index contributed by atoms with van der Waals surface area (Å²) in [6.07, 6.45) is 2.82. The summed E-state index contributed by atoms with van der Waals surface area (Å²) in [6.45, 7) is 5.84. The Hall–Kier alpha value is -1.73. The molecule has 1 N–H and O–H groups in total. The van der Waals surface area contributed by atoms with Gasteiger partial charge in [0, 0.05) is 20.7 Å². The van der Waals surface area contributed by atoms with Crippen molar-refractivity contribution in [1.82, 2.24) is 19.7 Å². The molecular weight excluding hydrogens is 270 g/mol. The second-order valence-corrected chi connectivity index (χ2v) is 5.00. The molecule has 21 heavy (non-hydrogen) atoms. The average Bonchev–Trinajstić information content (AvgIpc) is 2.85. The fourth-order valence-corrected chi connectivity index (χ4v) is 2.01. The van der Waals surface area contributed by atoms with Crippen molar-refractivity contribution in [1.29, 1.82) is 0 Å². The van der Waals surface area contributed by atoms with Crippen molar-refractivity contribution < 1.29 is 9.47 Å². The molecule has 0 amide bonds. The van der Waals surface area contributed by atoms with Crippen molar-refractivity contribution in [3.8, 4) is 0 Å². The van der Waals surface area contributed by atoms with Crippen molar-refractivity contribution in [3.05, 3.63) is 12.0 Å². The van der Waals surface area contributed by atoms with E-state index in [4.69, 9.17) is 9.47 Å². The number of aromatic nitrogens is 4. The van der Waals surface area contributed by atoms with Crippen LogP contribution in [0, 0.1) is 0 Å². The third kappa shape index (κ3) is 3.89. The molecule has 2 aromatic heterocycles. The van der Waals surface area contributed by atoms with E-state index in [-0.39, 0.29) is 6.10 Å². The van der Waals surface area contributed by atoms with E-state index in [2.05, 4.69) is 27.3 Å². The van der Waals surface area contributed by atoms with Crippen molar-refractivity contribution in [2.45, 2.75) is 33.0 Å². The molecule has 0 aliphatic heterocycles. The lowest BCUT2D eigenvalue weighted by molar-refractivity contribution is -0.00260. The summed E-state index contributed by atoms with van der Waals surface area (Å²) in [4.78, 5) is 9.06. The fraction of sp³-hybridized carbons (Fsp3) is 0.643. The van der Waals surface area contributed by atoms with Gasteiger partial charge in [0.05, 0.1) is 24.3 Å². The molecule has 0 spiro atoms. The maximum absolute atomic E-state index is 5.69. The highest BCUT2D eigenvalue weighted by Crippen LogP contribution is 2.20. The number of anilines is 1. The number of aryl methyl sites for hydroxylation is 1. The lowest BCUT2D eigenvalue weighted by Crippen LogP contribution is -2.16. The topological polar surface area (TPSA) is 74.1 Å². The molecule has 0 radical (unpaired) electrons. The predicted octanol–water partition coefficient (Wildman–Crippen LogP) is 1.74. The predicted molar refractivity (Wildman–Crippen MR) is 81.2 cm³/mol. The van der Waals surface area contributed by atoms with Gasteiger partial charge in [0.1, 0.15) is 12.4 Å². The van der Waals surface area contributed by atoms with Gasteiger partial charge < -0.3 is 14.8 Å². The smallest absolute Gasteiger partial charge is 0.163 e. The molecule has 0 aromatic carbocycles. The zero-order chi connectivity index (χ0) is 15.2. The number of ether oxygens (including phenoxy) is 2. The minimum Gasteiger partial charge on any atom is -0.382 e. The summed E-state index contributed by atoms with van der Waals surface area (Å²) in [5.74, 6) is 1.46. The zero-order valence-corrected chi connectivity index (χ0v) is 13.1. The molecule has 7 heteroatoms.